The normalized spacial score (nSPS) is 14.9. The van der Waals surface area contributed by atoms with Gasteiger partial charge in [-0.3, -0.25) is 9.59 Å². The van der Waals surface area contributed by atoms with Gasteiger partial charge in [-0.2, -0.15) is 0 Å². The largest absolute Gasteiger partial charge is 0.511 e. The maximum Gasteiger partial charge on any atom is 0.511 e. The van der Waals surface area contributed by atoms with Crippen molar-refractivity contribution in [1.29, 1.82) is 0 Å². The summed E-state index contributed by atoms with van der Waals surface area (Å²) in [6, 6.07) is 15.0. The number of aryl methyl sites for hydroxylation is 1. The minimum atomic E-state index is -1.35. The van der Waals surface area contributed by atoms with Crippen molar-refractivity contribution in [2.24, 2.45) is 4.99 Å². The van der Waals surface area contributed by atoms with Crippen LogP contribution in [0.2, 0.25) is 0 Å². The average Bonchev–Trinajstić information content (AvgIpc) is 3.32. The summed E-state index contributed by atoms with van der Waals surface area (Å²) in [6.45, 7) is 2.76. The molecule has 0 aliphatic heterocycles. The van der Waals surface area contributed by atoms with Crippen molar-refractivity contribution in [2.75, 3.05) is 0 Å². The summed E-state index contributed by atoms with van der Waals surface area (Å²) in [4.78, 5) is 45.0. The van der Waals surface area contributed by atoms with Gasteiger partial charge in [0.05, 0.1) is 17.1 Å². The molecule has 10 heteroatoms. The number of benzene rings is 2. The fourth-order valence-corrected chi connectivity index (χ4v) is 5.43. The molecule has 0 saturated heterocycles. The zero-order chi connectivity index (χ0) is 28.8. The number of carbonyl (C=O) groups excluding carboxylic acids is 2. The average molecular weight is 588 g/mol. The van der Waals surface area contributed by atoms with Crippen LogP contribution in [-0.4, -0.2) is 49.7 Å². The molecule has 1 aromatic heterocycles. The summed E-state index contributed by atoms with van der Waals surface area (Å²) >= 11 is 0. The first-order chi connectivity index (χ1) is 20.0. The topological polar surface area (TPSA) is 174 Å². The molecule has 43 heavy (non-hydrogen) atoms. The second-order valence-electron chi connectivity index (χ2n) is 10.4. The number of unbranched alkanes of at least 4 members (excludes halogenated alkanes) is 1. The molecule has 2 aliphatic carbocycles. The highest BCUT2D eigenvalue weighted by Crippen LogP contribution is 2.31. The Morgan fingerprint density at radius 2 is 1.79 bits per heavy atom. The van der Waals surface area contributed by atoms with Gasteiger partial charge < -0.3 is 25.4 Å². The number of para-hydroxylation sites is 1. The molecule has 0 atom stereocenters. The van der Waals surface area contributed by atoms with Gasteiger partial charge >= 0.3 is 6.16 Å². The van der Waals surface area contributed by atoms with Crippen LogP contribution in [0, 0.1) is 0 Å². The second kappa shape index (κ2) is 15.0. The minimum absolute atomic E-state index is 0. The number of hydrogen-bond acceptors (Lipinski definition) is 5. The van der Waals surface area contributed by atoms with Crippen LogP contribution in [0.15, 0.2) is 70.7 Å². The van der Waals surface area contributed by atoms with Gasteiger partial charge in [-0.1, -0.05) is 55.8 Å². The second-order valence-corrected chi connectivity index (χ2v) is 10.4. The monoisotopic (exact) mass is 587 g/mol. The van der Waals surface area contributed by atoms with Gasteiger partial charge in [-0.05, 0) is 61.4 Å². The van der Waals surface area contributed by atoms with E-state index in [4.69, 9.17) is 14.8 Å². The van der Waals surface area contributed by atoms with Crippen LogP contribution in [0.4, 0.5) is 4.79 Å². The predicted molar refractivity (Wildman–Crippen MR) is 164 cm³/mol. The lowest BCUT2D eigenvalue weighted by Crippen LogP contribution is -2.16. The Morgan fingerprint density at radius 3 is 2.51 bits per heavy atom. The van der Waals surface area contributed by atoms with Crippen molar-refractivity contribution in [3.63, 3.8) is 0 Å². The van der Waals surface area contributed by atoms with E-state index in [0.717, 1.165) is 66.7 Å². The molecule has 5 N–H and O–H groups in total. The van der Waals surface area contributed by atoms with Crippen LogP contribution in [0.3, 0.4) is 0 Å². The number of aliphatic imine (C=N–C) groups is 1. The highest BCUT2D eigenvalue weighted by atomic mass is 16.7. The summed E-state index contributed by atoms with van der Waals surface area (Å²) < 4.78 is 7.19. The van der Waals surface area contributed by atoms with Crippen molar-refractivity contribution >= 4 is 30.1 Å². The zero-order valence-corrected chi connectivity index (χ0v) is 24.1. The number of aromatic nitrogens is 2. The Balaban J connectivity index is 0.00000253. The van der Waals surface area contributed by atoms with Gasteiger partial charge in [0, 0.05) is 36.1 Å². The quantitative estimate of drug-likeness (QED) is 0.210. The van der Waals surface area contributed by atoms with E-state index in [1.54, 1.807) is 12.1 Å². The molecule has 0 radical (unpaired) electrons. The van der Waals surface area contributed by atoms with Crippen molar-refractivity contribution in [2.45, 2.75) is 64.8 Å². The molecule has 1 heterocycles. The molecule has 0 bridgehead atoms. The molecule has 2 aromatic carbocycles. The highest BCUT2D eigenvalue weighted by Gasteiger charge is 2.23. The Bertz CT molecular complexity index is 1570. The van der Waals surface area contributed by atoms with Crippen LogP contribution in [0.25, 0.3) is 17.2 Å². The fraction of sp³-hybridized carbons (Fsp3) is 0.303. The Hall–Kier alpha value is -4.67. The molecule has 10 nitrogen and oxygen atoms in total. The molecular formula is C33H37N3O7. The van der Waals surface area contributed by atoms with Gasteiger partial charge in [0.25, 0.3) is 5.91 Å². The summed E-state index contributed by atoms with van der Waals surface area (Å²) in [7, 11) is 0. The van der Waals surface area contributed by atoms with Gasteiger partial charge in [-0.15, -0.1) is 0 Å². The lowest BCUT2D eigenvalue weighted by atomic mass is 9.92. The van der Waals surface area contributed by atoms with Crippen LogP contribution in [-0.2, 0) is 29.0 Å². The van der Waals surface area contributed by atoms with E-state index in [1.807, 2.05) is 48.6 Å². The lowest BCUT2D eigenvalue weighted by Gasteiger charge is -2.16. The molecule has 2 aliphatic rings. The third-order valence-corrected chi connectivity index (χ3v) is 7.56. The number of ether oxygens (including phenoxy) is 1. The lowest BCUT2D eigenvalue weighted by molar-refractivity contribution is -0.115. The number of allylic oxidation sites excluding steroid dienone is 2. The summed E-state index contributed by atoms with van der Waals surface area (Å²) in [5, 5.41) is 9.09. The minimum Gasteiger partial charge on any atom is -0.449 e. The number of carbonyl (C=O) groups is 3. The van der Waals surface area contributed by atoms with Crippen molar-refractivity contribution < 1.29 is 35.2 Å². The molecule has 5 rings (SSSR count). The number of nitrogens with zero attached hydrogens (tertiary/aromatic N) is 3. The van der Waals surface area contributed by atoms with E-state index < -0.39 is 6.16 Å². The summed E-state index contributed by atoms with van der Waals surface area (Å²) in [6.07, 6.45) is 9.69. The van der Waals surface area contributed by atoms with Gasteiger partial charge in [0.2, 0.25) is 0 Å². The van der Waals surface area contributed by atoms with Crippen molar-refractivity contribution in [3.8, 4) is 16.9 Å². The third-order valence-electron chi connectivity index (χ3n) is 7.56. The Kier molecular flexibility index (Phi) is 11.4. The zero-order valence-electron chi connectivity index (χ0n) is 24.1. The molecule has 0 spiro atoms. The van der Waals surface area contributed by atoms with Gasteiger partial charge in [0.15, 0.2) is 0 Å². The number of rotatable bonds is 9. The maximum atomic E-state index is 13.0. The molecule has 0 saturated carbocycles. The third kappa shape index (κ3) is 7.59. The molecule has 1 amide bonds. The summed E-state index contributed by atoms with van der Waals surface area (Å²) in [5.74, 6) is 0.974. The van der Waals surface area contributed by atoms with Gasteiger partial charge in [0.1, 0.15) is 17.9 Å². The smallest absolute Gasteiger partial charge is 0.449 e. The van der Waals surface area contributed by atoms with Crippen LogP contribution in [0.1, 0.15) is 68.2 Å². The standard InChI is InChI=1S/C33H33N3O5.2H2O/c1-2-3-12-31-35-28-18-17-25(34-32(38)27-10-5-4-8-24(27)21-37)19-29(28)36(31)20-22-13-15-23(16-14-22)26-9-6-7-11-30(26)41-33(39)40;;/h6-7,9,11,13-18,21H,2-5,8,10,12,19-20H2,1H3,(H,39,40);2*1H2. The van der Waals surface area contributed by atoms with E-state index in [1.165, 1.54) is 0 Å². The van der Waals surface area contributed by atoms with Gasteiger partial charge in [-0.25, -0.2) is 14.8 Å². The number of hydrogen-bond donors (Lipinski definition) is 1. The Labute approximate surface area is 250 Å². The first-order valence-electron chi connectivity index (χ1n) is 14.1. The molecule has 0 fully saturated rings. The van der Waals surface area contributed by atoms with E-state index in [2.05, 4.69) is 16.5 Å². The molecular weight excluding hydrogens is 550 g/mol. The highest BCUT2D eigenvalue weighted by molar-refractivity contribution is 6.11. The number of amides is 1. The first kappa shape index (κ1) is 32.8. The predicted octanol–water partition coefficient (Wildman–Crippen LogP) is 4.95. The number of fused-ring (bicyclic) bond motifs is 1. The van der Waals surface area contributed by atoms with E-state index in [0.29, 0.717) is 48.2 Å². The SMILES string of the molecule is CCCCc1nc2c(n1Cc1ccc(-c3ccccc3OC(=O)O)cc1)CC(=NC(=O)C1=C(C=O)CCCC1)C=C2.O.O. The molecule has 226 valence electrons. The summed E-state index contributed by atoms with van der Waals surface area (Å²) in [5.41, 5.74) is 6.32. The van der Waals surface area contributed by atoms with E-state index in [9.17, 15) is 14.4 Å². The van der Waals surface area contributed by atoms with Crippen molar-refractivity contribution in [1.82, 2.24) is 9.55 Å². The van der Waals surface area contributed by atoms with E-state index >= 15 is 0 Å². The van der Waals surface area contributed by atoms with Crippen molar-refractivity contribution in [3.05, 3.63) is 88.5 Å². The number of carboxylic acid groups (broad SMARTS) is 1. The fourth-order valence-electron chi connectivity index (χ4n) is 5.43. The van der Waals surface area contributed by atoms with E-state index in [-0.39, 0.29) is 22.6 Å². The molecule has 0 unspecified atom stereocenters. The molecule has 3 aromatic rings. The number of imidazole rings is 1. The Morgan fingerprint density at radius 1 is 1.05 bits per heavy atom. The van der Waals surface area contributed by atoms with Crippen LogP contribution in [0.5, 0.6) is 5.75 Å². The first-order valence-corrected chi connectivity index (χ1v) is 14.1. The maximum absolute atomic E-state index is 13.0. The van der Waals surface area contributed by atoms with Crippen LogP contribution < -0.4 is 4.74 Å². The number of aldehydes is 1. The van der Waals surface area contributed by atoms with Crippen LogP contribution >= 0.6 is 0 Å².